The van der Waals surface area contributed by atoms with Crippen LogP contribution in [0.4, 0.5) is 0 Å². The van der Waals surface area contributed by atoms with Crippen LogP contribution in [0.1, 0.15) is 44.6 Å². The fourth-order valence-electron chi connectivity index (χ4n) is 3.25. The second-order valence-electron chi connectivity index (χ2n) is 6.32. The molecular weight excluding hydrogens is 294 g/mol. The number of carboxylic acids is 1. The molecule has 5 nitrogen and oxygen atoms in total. The van der Waals surface area contributed by atoms with Gasteiger partial charge in [-0.3, -0.25) is 4.79 Å². The van der Waals surface area contributed by atoms with E-state index in [-0.39, 0.29) is 12.3 Å². The van der Waals surface area contributed by atoms with Crippen molar-refractivity contribution in [1.29, 1.82) is 0 Å². The van der Waals surface area contributed by atoms with Gasteiger partial charge in [-0.1, -0.05) is 25.5 Å². The third kappa shape index (κ3) is 4.24. The number of hydrogen-bond donors (Lipinski definition) is 2. The van der Waals surface area contributed by atoms with Crippen LogP contribution in [-0.4, -0.2) is 29.6 Å². The zero-order valence-corrected chi connectivity index (χ0v) is 13.8. The lowest BCUT2D eigenvalue weighted by atomic mass is 9.75. The van der Waals surface area contributed by atoms with E-state index in [9.17, 15) is 14.7 Å². The number of carbonyl (C=O) groups is 2. The van der Waals surface area contributed by atoms with Gasteiger partial charge in [0.15, 0.2) is 0 Å². The molecule has 0 radical (unpaired) electrons. The Kier molecular flexibility index (Phi) is 5.64. The molecule has 5 heteroatoms. The number of rotatable bonds is 6. The molecular formula is C18H25NO4. The van der Waals surface area contributed by atoms with E-state index in [1.165, 1.54) is 0 Å². The minimum absolute atomic E-state index is 0.156. The molecule has 0 spiro atoms. The van der Waals surface area contributed by atoms with Crippen molar-refractivity contribution in [2.75, 3.05) is 7.11 Å². The number of carbonyl (C=O) groups excluding carboxylic acids is 1. The van der Waals surface area contributed by atoms with Crippen LogP contribution in [0.25, 0.3) is 0 Å². The van der Waals surface area contributed by atoms with Gasteiger partial charge in [-0.05, 0) is 49.3 Å². The maximum atomic E-state index is 12.3. The highest BCUT2D eigenvalue weighted by atomic mass is 16.5. The second-order valence-corrected chi connectivity index (χ2v) is 6.32. The Hall–Kier alpha value is -2.04. The van der Waals surface area contributed by atoms with Gasteiger partial charge >= 0.3 is 5.97 Å². The van der Waals surface area contributed by atoms with Gasteiger partial charge in [0.05, 0.1) is 13.5 Å². The van der Waals surface area contributed by atoms with Gasteiger partial charge in [-0.15, -0.1) is 0 Å². The summed E-state index contributed by atoms with van der Waals surface area (Å²) in [4.78, 5) is 24.1. The highest BCUT2D eigenvalue weighted by Crippen LogP contribution is 2.34. The second kappa shape index (κ2) is 7.49. The normalized spacial score (nSPS) is 24.0. The Bertz CT molecular complexity index is 562. The highest BCUT2D eigenvalue weighted by molar-refractivity contribution is 5.88. The third-order valence-electron chi connectivity index (χ3n) is 4.82. The molecule has 1 aliphatic rings. The Morgan fingerprint density at radius 1 is 1.35 bits per heavy atom. The maximum absolute atomic E-state index is 12.3. The number of hydrogen-bond acceptors (Lipinski definition) is 3. The Balaban J connectivity index is 2.02. The molecule has 23 heavy (non-hydrogen) atoms. The molecule has 2 rings (SSSR count). The maximum Gasteiger partial charge on any atom is 0.329 e. The van der Waals surface area contributed by atoms with E-state index in [0.29, 0.717) is 24.5 Å². The molecule has 0 atom stereocenters. The average molecular weight is 319 g/mol. The minimum Gasteiger partial charge on any atom is -0.497 e. The Labute approximate surface area is 137 Å². The largest absolute Gasteiger partial charge is 0.497 e. The lowest BCUT2D eigenvalue weighted by molar-refractivity contribution is -0.149. The average Bonchev–Trinajstić information content (AvgIpc) is 2.55. The molecule has 0 saturated heterocycles. The van der Waals surface area contributed by atoms with Gasteiger partial charge in [0.25, 0.3) is 0 Å². The summed E-state index contributed by atoms with van der Waals surface area (Å²) in [5.41, 5.74) is -0.300. The number of benzene rings is 1. The third-order valence-corrected chi connectivity index (χ3v) is 4.82. The summed E-state index contributed by atoms with van der Waals surface area (Å²) >= 11 is 0. The zero-order valence-electron chi connectivity index (χ0n) is 13.8. The summed E-state index contributed by atoms with van der Waals surface area (Å²) in [5, 5.41) is 12.4. The van der Waals surface area contributed by atoms with Crippen LogP contribution in [0.2, 0.25) is 0 Å². The number of methoxy groups -OCH3 is 1. The first kappa shape index (κ1) is 17.3. The first-order valence-corrected chi connectivity index (χ1v) is 8.16. The Morgan fingerprint density at radius 2 is 2.04 bits per heavy atom. The summed E-state index contributed by atoms with van der Waals surface area (Å²) < 4.78 is 5.14. The molecule has 0 bridgehead atoms. The minimum atomic E-state index is -1.11. The van der Waals surface area contributed by atoms with Crippen molar-refractivity contribution in [2.24, 2.45) is 5.92 Å². The summed E-state index contributed by atoms with van der Waals surface area (Å²) in [6.45, 7) is 2.12. The first-order valence-electron chi connectivity index (χ1n) is 8.16. The summed E-state index contributed by atoms with van der Waals surface area (Å²) in [6.07, 6.45) is 3.93. The molecule has 1 amide bonds. The number of carboxylic acid groups (broad SMARTS) is 1. The number of ether oxygens (including phenoxy) is 1. The van der Waals surface area contributed by atoms with E-state index >= 15 is 0 Å². The molecule has 2 N–H and O–H groups in total. The molecule has 1 saturated carbocycles. The summed E-state index contributed by atoms with van der Waals surface area (Å²) in [5.74, 6) is 0.0751. The van der Waals surface area contributed by atoms with Crippen LogP contribution < -0.4 is 10.1 Å². The highest BCUT2D eigenvalue weighted by Gasteiger charge is 2.42. The molecule has 126 valence electrons. The molecule has 1 aliphatic carbocycles. The van der Waals surface area contributed by atoms with E-state index < -0.39 is 11.5 Å². The van der Waals surface area contributed by atoms with E-state index in [4.69, 9.17) is 4.74 Å². The van der Waals surface area contributed by atoms with Crippen molar-refractivity contribution in [3.05, 3.63) is 29.8 Å². The summed E-state index contributed by atoms with van der Waals surface area (Å²) in [7, 11) is 1.57. The Morgan fingerprint density at radius 3 is 2.61 bits per heavy atom. The predicted octanol–water partition coefficient (Wildman–Crippen LogP) is 2.78. The van der Waals surface area contributed by atoms with Gasteiger partial charge in [0.2, 0.25) is 5.91 Å². The van der Waals surface area contributed by atoms with E-state index in [2.05, 4.69) is 12.2 Å². The monoisotopic (exact) mass is 319 g/mol. The number of amides is 1. The van der Waals surface area contributed by atoms with Gasteiger partial charge in [-0.25, -0.2) is 4.79 Å². The number of nitrogens with one attached hydrogen (secondary N) is 1. The van der Waals surface area contributed by atoms with Crippen LogP contribution in [0.3, 0.4) is 0 Å². The van der Waals surface area contributed by atoms with Crippen LogP contribution in [0.5, 0.6) is 5.75 Å². The molecule has 1 aromatic rings. The van der Waals surface area contributed by atoms with Crippen molar-refractivity contribution in [2.45, 2.75) is 51.0 Å². The smallest absolute Gasteiger partial charge is 0.329 e. The molecule has 0 heterocycles. The lowest BCUT2D eigenvalue weighted by Crippen LogP contribution is -2.56. The summed E-state index contributed by atoms with van der Waals surface area (Å²) in [6, 6.07) is 7.26. The lowest BCUT2D eigenvalue weighted by Gasteiger charge is -2.37. The van der Waals surface area contributed by atoms with E-state index in [1.807, 2.05) is 18.2 Å². The van der Waals surface area contributed by atoms with Gasteiger partial charge in [-0.2, -0.15) is 0 Å². The molecule has 1 fully saturated rings. The quantitative estimate of drug-likeness (QED) is 0.845. The predicted molar refractivity (Wildman–Crippen MR) is 87.5 cm³/mol. The fraction of sp³-hybridized carbons (Fsp3) is 0.556. The standard InChI is InChI=1S/C18H25NO4/c1-3-13-7-9-18(10-8-13,17(21)22)19-16(20)12-14-5-4-6-15(11-14)23-2/h4-6,11,13H,3,7-10,12H2,1-2H3,(H,19,20)(H,21,22). The topological polar surface area (TPSA) is 75.6 Å². The molecule has 1 aromatic carbocycles. The van der Waals surface area contributed by atoms with Gasteiger partial charge in [0.1, 0.15) is 11.3 Å². The molecule has 0 aromatic heterocycles. The number of aliphatic carboxylic acids is 1. The van der Waals surface area contributed by atoms with E-state index in [1.54, 1.807) is 13.2 Å². The van der Waals surface area contributed by atoms with Gasteiger partial charge in [0, 0.05) is 0 Å². The van der Waals surface area contributed by atoms with Crippen molar-refractivity contribution in [1.82, 2.24) is 5.32 Å². The van der Waals surface area contributed by atoms with E-state index in [0.717, 1.165) is 24.8 Å². The van der Waals surface area contributed by atoms with Crippen LogP contribution in [0.15, 0.2) is 24.3 Å². The van der Waals surface area contributed by atoms with Crippen LogP contribution in [0, 0.1) is 5.92 Å². The zero-order chi connectivity index (χ0) is 16.9. The van der Waals surface area contributed by atoms with Crippen molar-refractivity contribution in [3.8, 4) is 5.75 Å². The molecule has 0 unspecified atom stereocenters. The van der Waals surface area contributed by atoms with Crippen molar-refractivity contribution in [3.63, 3.8) is 0 Å². The SMILES string of the molecule is CCC1CCC(NC(=O)Cc2cccc(OC)c2)(C(=O)O)CC1. The van der Waals surface area contributed by atoms with Crippen LogP contribution in [-0.2, 0) is 16.0 Å². The fourth-order valence-corrected chi connectivity index (χ4v) is 3.25. The van der Waals surface area contributed by atoms with Crippen LogP contribution >= 0.6 is 0 Å². The van der Waals surface area contributed by atoms with Gasteiger partial charge < -0.3 is 15.2 Å². The van der Waals surface area contributed by atoms with Crippen molar-refractivity contribution >= 4 is 11.9 Å². The first-order chi connectivity index (χ1) is 11.0. The molecule has 0 aliphatic heterocycles. The van der Waals surface area contributed by atoms with Crippen molar-refractivity contribution < 1.29 is 19.4 Å².